The molecule has 116 valence electrons. The summed E-state index contributed by atoms with van der Waals surface area (Å²) in [5.41, 5.74) is 0.0569. The molecule has 0 saturated carbocycles. The number of aliphatic hydroxyl groups is 1. The van der Waals surface area contributed by atoms with Gasteiger partial charge in [-0.15, -0.1) is 0 Å². The molecule has 2 fully saturated rings. The van der Waals surface area contributed by atoms with Crippen LogP contribution in [0.4, 0.5) is 0 Å². The van der Waals surface area contributed by atoms with Gasteiger partial charge in [0.1, 0.15) is 0 Å². The van der Waals surface area contributed by atoms with Crippen molar-refractivity contribution in [2.45, 2.75) is 71.6 Å². The lowest BCUT2D eigenvalue weighted by Gasteiger charge is -2.50. The van der Waals surface area contributed by atoms with Crippen molar-refractivity contribution in [3.8, 4) is 0 Å². The van der Waals surface area contributed by atoms with E-state index in [1.165, 1.54) is 0 Å². The molecule has 2 heterocycles. The zero-order valence-electron chi connectivity index (χ0n) is 13.6. The van der Waals surface area contributed by atoms with Crippen molar-refractivity contribution < 1.29 is 9.90 Å². The Kier molecular flexibility index (Phi) is 4.18. The van der Waals surface area contributed by atoms with Crippen molar-refractivity contribution >= 4 is 5.91 Å². The molecule has 2 unspecified atom stereocenters. The molecule has 2 aliphatic rings. The highest BCUT2D eigenvalue weighted by Gasteiger charge is 2.43. The fourth-order valence-electron chi connectivity index (χ4n) is 3.55. The molecule has 2 rings (SSSR count). The Morgan fingerprint density at radius 2 is 1.85 bits per heavy atom. The van der Waals surface area contributed by atoms with Gasteiger partial charge in [-0.1, -0.05) is 13.8 Å². The summed E-state index contributed by atoms with van der Waals surface area (Å²) < 4.78 is 0. The van der Waals surface area contributed by atoms with Crippen molar-refractivity contribution in [1.29, 1.82) is 0 Å². The van der Waals surface area contributed by atoms with Crippen LogP contribution in [-0.4, -0.2) is 58.1 Å². The lowest BCUT2D eigenvalue weighted by molar-refractivity contribution is -0.147. The monoisotopic (exact) mass is 282 g/mol. The molecule has 2 atom stereocenters. The molecule has 0 aromatic rings. The maximum absolute atomic E-state index is 12.8. The average molecular weight is 282 g/mol. The minimum Gasteiger partial charge on any atom is -0.393 e. The van der Waals surface area contributed by atoms with Gasteiger partial charge in [-0.3, -0.25) is 9.69 Å². The van der Waals surface area contributed by atoms with Gasteiger partial charge in [0, 0.05) is 25.2 Å². The topological polar surface area (TPSA) is 43.8 Å². The number of hydrogen-bond acceptors (Lipinski definition) is 3. The summed E-state index contributed by atoms with van der Waals surface area (Å²) in [6, 6.07) is 0.0426. The second-order valence-corrected chi connectivity index (χ2v) is 8.24. The summed E-state index contributed by atoms with van der Waals surface area (Å²) in [6.07, 6.45) is 2.18. The largest absolute Gasteiger partial charge is 0.393 e. The van der Waals surface area contributed by atoms with Crippen LogP contribution in [-0.2, 0) is 4.79 Å². The van der Waals surface area contributed by atoms with Crippen LogP contribution in [0.3, 0.4) is 0 Å². The third kappa shape index (κ3) is 3.34. The van der Waals surface area contributed by atoms with E-state index in [1.54, 1.807) is 0 Å². The lowest BCUT2D eigenvalue weighted by Crippen LogP contribution is -2.63. The molecule has 2 aliphatic heterocycles. The lowest BCUT2D eigenvalue weighted by atomic mass is 9.86. The van der Waals surface area contributed by atoms with Crippen LogP contribution in [0.5, 0.6) is 0 Å². The number of rotatable bonds is 1. The molecule has 4 nitrogen and oxygen atoms in total. The second-order valence-electron chi connectivity index (χ2n) is 8.24. The summed E-state index contributed by atoms with van der Waals surface area (Å²) in [5, 5.41) is 9.97. The first-order chi connectivity index (χ1) is 9.10. The molecule has 2 saturated heterocycles. The predicted molar refractivity (Wildman–Crippen MR) is 80.5 cm³/mol. The highest BCUT2D eigenvalue weighted by Crippen LogP contribution is 2.32. The average Bonchev–Trinajstić information content (AvgIpc) is 2.31. The minimum absolute atomic E-state index is 0.00187. The Morgan fingerprint density at radius 3 is 2.35 bits per heavy atom. The summed E-state index contributed by atoms with van der Waals surface area (Å²) in [7, 11) is 0. The van der Waals surface area contributed by atoms with Gasteiger partial charge >= 0.3 is 0 Å². The van der Waals surface area contributed by atoms with Gasteiger partial charge in [-0.25, -0.2) is 0 Å². The van der Waals surface area contributed by atoms with Gasteiger partial charge in [-0.2, -0.15) is 0 Å². The first-order valence-electron chi connectivity index (χ1n) is 7.84. The summed E-state index contributed by atoms with van der Waals surface area (Å²) in [5.74, 6) is 0.258. The Morgan fingerprint density at radius 1 is 1.20 bits per heavy atom. The van der Waals surface area contributed by atoms with Crippen molar-refractivity contribution in [3.05, 3.63) is 0 Å². The zero-order chi connectivity index (χ0) is 15.1. The van der Waals surface area contributed by atoms with Crippen LogP contribution in [0, 0.1) is 5.41 Å². The first kappa shape index (κ1) is 15.8. The van der Waals surface area contributed by atoms with E-state index in [-0.39, 0.29) is 29.0 Å². The van der Waals surface area contributed by atoms with Crippen molar-refractivity contribution in [1.82, 2.24) is 9.80 Å². The first-order valence-corrected chi connectivity index (χ1v) is 7.84. The van der Waals surface area contributed by atoms with Gasteiger partial charge in [0.25, 0.3) is 0 Å². The molecule has 0 spiro atoms. The highest BCUT2D eigenvalue weighted by molar-refractivity contribution is 5.83. The molecule has 1 N–H and O–H groups in total. The van der Waals surface area contributed by atoms with Crippen LogP contribution in [0.2, 0.25) is 0 Å². The van der Waals surface area contributed by atoms with Crippen LogP contribution in [0.1, 0.15) is 53.9 Å². The van der Waals surface area contributed by atoms with Gasteiger partial charge in [-0.05, 0) is 45.4 Å². The Hall–Kier alpha value is -0.610. The Labute approximate surface area is 123 Å². The van der Waals surface area contributed by atoms with E-state index >= 15 is 0 Å². The number of hydrogen-bond donors (Lipinski definition) is 1. The number of nitrogens with zero attached hydrogens (tertiary/aromatic N) is 2. The summed E-state index contributed by atoms with van der Waals surface area (Å²) >= 11 is 0. The van der Waals surface area contributed by atoms with E-state index in [0.29, 0.717) is 13.0 Å². The molecule has 0 bridgehead atoms. The van der Waals surface area contributed by atoms with Gasteiger partial charge in [0.2, 0.25) is 5.91 Å². The molecule has 1 amide bonds. The Bertz CT molecular complexity index is 373. The molecule has 0 aromatic carbocycles. The van der Waals surface area contributed by atoms with E-state index in [4.69, 9.17) is 0 Å². The maximum Gasteiger partial charge on any atom is 0.240 e. The number of amides is 1. The van der Waals surface area contributed by atoms with Crippen LogP contribution in [0.25, 0.3) is 0 Å². The quantitative estimate of drug-likeness (QED) is 0.798. The number of carbonyl (C=O) groups excluding carboxylic acids is 1. The zero-order valence-corrected chi connectivity index (χ0v) is 13.6. The van der Waals surface area contributed by atoms with E-state index in [2.05, 4.69) is 39.5 Å². The molecule has 0 aromatic heterocycles. The highest BCUT2D eigenvalue weighted by atomic mass is 16.3. The maximum atomic E-state index is 12.8. The second kappa shape index (κ2) is 5.30. The molecule has 0 aliphatic carbocycles. The van der Waals surface area contributed by atoms with Gasteiger partial charge in [0.15, 0.2) is 0 Å². The number of carbonyl (C=O) groups is 1. The number of likely N-dealkylation sites (tertiary alicyclic amines) is 2. The van der Waals surface area contributed by atoms with E-state index < -0.39 is 0 Å². The molecule has 0 radical (unpaired) electrons. The third-order valence-electron chi connectivity index (χ3n) is 4.62. The van der Waals surface area contributed by atoms with Crippen molar-refractivity contribution in [2.75, 3.05) is 19.6 Å². The fraction of sp³-hybridized carbons (Fsp3) is 0.938. The standard InChI is InChI=1S/C16H30N2O2/c1-15(2,3)18-9-7-13(18)14(20)17-8-6-12(19)10-16(4,5)11-17/h12-13,19H,6-11H2,1-5H3. The fourth-order valence-corrected chi connectivity index (χ4v) is 3.55. The smallest absolute Gasteiger partial charge is 0.240 e. The van der Waals surface area contributed by atoms with Gasteiger partial charge < -0.3 is 10.0 Å². The van der Waals surface area contributed by atoms with Gasteiger partial charge in [0.05, 0.1) is 12.1 Å². The molecule has 4 heteroatoms. The summed E-state index contributed by atoms with van der Waals surface area (Å²) in [6.45, 7) is 13.3. The van der Waals surface area contributed by atoms with Crippen LogP contribution in [0.15, 0.2) is 0 Å². The SMILES string of the molecule is CC1(C)CC(O)CCN(C(=O)C2CCN2C(C)(C)C)C1. The van der Waals surface area contributed by atoms with E-state index in [0.717, 1.165) is 25.9 Å². The molecular weight excluding hydrogens is 252 g/mol. The van der Waals surface area contributed by atoms with Crippen molar-refractivity contribution in [2.24, 2.45) is 5.41 Å². The molecular formula is C16H30N2O2. The summed E-state index contributed by atoms with van der Waals surface area (Å²) in [4.78, 5) is 17.1. The van der Waals surface area contributed by atoms with Crippen molar-refractivity contribution in [3.63, 3.8) is 0 Å². The predicted octanol–water partition coefficient (Wildman–Crippen LogP) is 1.87. The van der Waals surface area contributed by atoms with Crippen LogP contribution < -0.4 is 0 Å². The third-order valence-corrected chi connectivity index (χ3v) is 4.62. The normalized spacial score (nSPS) is 31.6. The van der Waals surface area contributed by atoms with E-state index in [9.17, 15) is 9.90 Å². The number of aliphatic hydroxyl groups excluding tert-OH is 1. The van der Waals surface area contributed by atoms with Crippen LogP contribution >= 0.6 is 0 Å². The van der Waals surface area contributed by atoms with E-state index in [1.807, 2.05) is 4.90 Å². The minimum atomic E-state index is -0.275. The molecule has 20 heavy (non-hydrogen) atoms. The Balaban J connectivity index is 2.05.